The highest BCUT2D eigenvalue weighted by molar-refractivity contribution is 6.31. The van der Waals surface area contributed by atoms with Gasteiger partial charge in [0, 0.05) is 18.8 Å². The summed E-state index contributed by atoms with van der Waals surface area (Å²) in [5.41, 5.74) is 1.50. The fraction of sp³-hybridized carbons (Fsp3) is 0.263. The second-order valence-electron chi connectivity index (χ2n) is 6.27. The average molecular weight is 413 g/mol. The lowest BCUT2D eigenvalue weighted by atomic mass is 9.97. The van der Waals surface area contributed by atoms with Gasteiger partial charge in [-0.3, -0.25) is 0 Å². The first-order valence-corrected chi connectivity index (χ1v) is 8.69. The molecule has 0 unspecified atom stereocenters. The zero-order chi connectivity index (χ0) is 20.5. The standard InChI is InChI=1S/C19H16ClF3N2O3/c1-28-17(26)12-2-3-13-10-25(7-6-11(13)8-12)18(27)24-14-4-5-15(16(20)9-14)19(21,22)23/h2-5,8-9H,6-7,10H2,1H3,(H,24,27). The third kappa shape index (κ3) is 4.22. The van der Waals surface area contributed by atoms with Crippen LogP contribution in [-0.2, 0) is 23.9 Å². The topological polar surface area (TPSA) is 58.6 Å². The van der Waals surface area contributed by atoms with Crippen LogP contribution in [0.1, 0.15) is 27.0 Å². The van der Waals surface area contributed by atoms with Gasteiger partial charge in [0.15, 0.2) is 0 Å². The minimum atomic E-state index is -4.56. The van der Waals surface area contributed by atoms with Crippen molar-refractivity contribution in [2.75, 3.05) is 19.0 Å². The highest BCUT2D eigenvalue weighted by Crippen LogP contribution is 2.36. The van der Waals surface area contributed by atoms with Crippen LogP contribution in [0.15, 0.2) is 36.4 Å². The maximum absolute atomic E-state index is 12.8. The van der Waals surface area contributed by atoms with E-state index in [-0.39, 0.29) is 5.69 Å². The molecule has 2 aromatic carbocycles. The van der Waals surface area contributed by atoms with Crippen LogP contribution in [0.2, 0.25) is 5.02 Å². The number of anilines is 1. The molecule has 0 fully saturated rings. The second-order valence-corrected chi connectivity index (χ2v) is 6.68. The molecule has 1 N–H and O–H groups in total. The number of alkyl halides is 3. The van der Waals surface area contributed by atoms with E-state index in [1.807, 2.05) is 0 Å². The summed E-state index contributed by atoms with van der Waals surface area (Å²) in [7, 11) is 1.31. The van der Waals surface area contributed by atoms with Crippen molar-refractivity contribution in [2.45, 2.75) is 19.1 Å². The second kappa shape index (κ2) is 7.71. The van der Waals surface area contributed by atoms with Gasteiger partial charge >= 0.3 is 18.2 Å². The lowest BCUT2D eigenvalue weighted by molar-refractivity contribution is -0.137. The maximum Gasteiger partial charge on any atom is 0.417 e. The molecule has 0 saturated heterocycles. The molecule has 0 atom stereocenters. The number of halogens is 4. The van der Waals surface area contributed by atoms with Gasteiger partial charge in [-0.05, 0) is 47.9 Å². The Morgan fingerprint density at radius 1 is 1.14 bits per heavy atom. The highest BCUT2D eigenvalue weighted by atomic mass is 35.5. The van der Waals surface area contributed by atoms with Crippen molar-refractivity contribution in [3.05, 3.63) is 63.7 Å². The Hall–Kier alpha value is -2.74. The fourth-order valence-electron chi connectivity index (χ4n) is 3.00. The predicted octanol–water partition coefficient (Wildman–Crippen LogP) is 4.74. The number of urea groups is 1. The van der Waals surface area contributed by atoms with Crippen LogP contribution in [0.3, 0.4) is 0 Å². The van der Waals surface area contributed by atoms with E-state index in [0.717, 1.165) is 29.3 Å². The summed E-state index contributed by atoms with van der Waals surface area (Å²) in [6.07, 6.45) is -4.01. The van der Waals surface area contributed by atoms with Crippen LogP contribution in [0, 0.1) is 0 Å². The normalized spacial score (nSPS) is 13.7. The number of hydrogen-bond acceptors (Lipinski definition) is 3. The monoisotopic (exact) mass is 412 g/mol. The molecule has 1 heterocycles. The highest BCUT2D eigenvalue weighted by Gasteiger charge is 2.33. The van der Waals surface area contributed by atoms with Crippen LogP contribution in [-0.4, -0.2) is 30.6 Å². The number of hydrogen-bond donors (Lipinski definition) is 1. The van der Waals surface area contributed by atoms with Crippen LogP contribution in [0.4, 0.5) is 23.7 Å². The summed E-state index contributed by atoms with van der Waals surface area (Å²) in [5, 5.41) is 2.08. The summed E-state index contributed by atoms with van der Waals surface area (Å²) >= 11 is 5.68. The number of benzene rings is 2. The van der Waals surface area contributed by atoms with Crippen molar-refractivity contribution in [1.82, 2.24) is 4.90 Å². The van der Waals surface area contributed by atoms with Gasteiger partial charge in [-0.1, -0.05) is 17.7 Å². The number of nitrogens with zero attached hydrogens (tertiary/aromatic N) is 1. The van der Waals surface area contributed by atoms with E-state index in [4.69, 9.17) is 16.3 Å². The zero-order valence-corrected chi connectivity index (χ0v) is 15.5. The number of fused-ring (bicyclic) bond motifs is 1. The van der Waals surface area contributed by atoms with Gasteiger partial charge in [-0.25, -0.2) is 9.59 Å². The van der Waals surface area contributed by atoms with Crippen molar-refractivity contribution >= 4 is 29.3 Å². The molecule has 1 aliphatic rings. The average Bonchev–Trinajstić information content (AvgIpc) is 2.65. The summed E-state index contributed by atoms with van der Waals surface area (Å²) in [4.78, 5) is 25.6. The molecule has 9 heteroatoms. The van der Waals surface area contributed by atoms with Gasteiger partial charge in [0.05, 0.1) is 23.3 Å². The van der Waals surface area contributed by atoms with E-state index < -0.39 is 28.8 Å². The first-order chi connectivity index (χ1) is 13.2. The Labute approximate surface area is 164 Å². The molecular weight excluding hydrogens is 397 g/mol. The predicted molar refractivity (Wildman–Crippen MR) is 97.4 cm³/mol. The molecule has 0 spiro atoms. The number of ether oxygens (including phenoxy) is 1. The zero-order valence-electron chi connectivity index (χ0n) is 14.8. The van der Waals surface area contributed by atoms with Crippen LogP contribution in [0.5, 0.6) is 0 Å². The summed E-state index contributed by atoms with van der Waals surface area (Å²) in [6.45, 7) is 0.717. The van der Waals surface area contributed by atoms with Gasteiger partial charge in [0.2, 0.25) is 0 Å². The molecule has 3 rings (SSSR count). The van der Waals surface area contributed by atoms with Gasteiger partial charge in [-0.15, -0.1) is 0 Å². The van der Waals surface area contributed by atoms with Gasteiger partial charge < -0.3 is 15.0 Å². The van der Waals surface area contributed by atoms with E-state index in [1.54, 1.807) is 18.2 Å². The number of carbonyl (C=O) groups excluding carboxylic acids is 2. The fourth-order valence-corrected chi connectivity index (χ4v) is 3.28. The lowest BCUT2D eigenvalue weighted by Crippen LogP contribution is -2.39. The Morgan fingerprint density at radius 2 is 1.89 bits per heavy atom. The molecule has 2 aromatic rings. The number of carbonyl (C=O) groups is 2. The quantitative estimate of drug-likeness (QED) is 0.725. The van der Waals surface area contributed by atoms with E-state index >= 15 is 0 Å². The van der Waals surface area contributed by atoms with Crippen molar-refractivity contribution < 1.29 is 27.5 Å². The van der Waals surface area contributed by atoms with Gasteiger partial charge in [-0.2, -0.15) is 13.2 Å². The molecule has 0 radical (unpaired) electrons. The maximum atomic E-state index is 12.8. The molecule has 0 bridgehead atoms. The molecule has 0 aromatic heterocycles. The molecule has 28 heavy (non-hydrogen) atoms. The third-order valence-corrected chi connectivity index (χ3v) is 4.77. The third-order valence-electron chi connectivity index (χ3n) is 4.45. The van der Waals surface area contributed by atoms with Crippen LogP contribution >= 0.6 is 11.6 Å². The number of amides is 2. The molecular formula is C19H16ClF3N2O3. The minimum absolute atomic E-state index is 0.176. The van der Waals surface area contributed by atoms with E-state index in [1.165, 1.54) is 12.0 Å². The van der Waals surface area contributed by atoms with Crippen molar-refractivity contribution in [2.24, 2.45) is 0 Å². The van der Waals surface area contributed by atoms with Crippen molar-refractivity contribution in [3.8, 4) is 0 Å². The summed E-state index contributed by atoms with van der Waals surface area (Å²) in [5.74, 6) is -0.429. The molecule has 5 nitrogen and oxygen atoms in total. The SMILES string of the molecule is COC(=O)c1ccc2c(c1)CCN(C(=O)Nc1ccc(C(F)(F)F)c(Cl)c1)C2. The Kier molecular flexibility index (Phi) is 5.51. The summed E-state index contributed by atoms with van der Waals surface area (Å²) in [6, 6.07) is 7.75. The molecule has 1 aliphatic heterocycles. The lowest BCUT2D eigenvalue weighted by Gasteiger charge is -2.29. The van der Waals surface area contributed by atoms with Crippen LogP contribution in [0.25, 0.3) is 0 Å². The van der Waals surface area contributed by atoms with Crippen LogP contribution < -0.4 is 5.32 Å². The van der Waals surface area contributed by atoms with Gasteiger partial charge in [0.1, 0.15) is 0 Å². The smallest absolute Gasteiger partial charge is 0.417 e. The van der Waals surface area contributed by atoms with Crippen molar-refractivity contribution in [3.63, 3.8) is 0 Å². The number of methoxy groups -OCH3 is 1. The van der Waals surface area contributed by atoms with E-state index in [0.29, 0.717) is 25.1 Å². The van der Waals surface area contributed by atoms with Crippen molar-refractivity contribution in [1.29, 1.82) is 0 Å². The first-order valence-electron chi connectivity index (χ1n) is 8.32. The van der Waals surface area contributed by atoms with E-state index in [2.05, 4.69) is 5.32 Å². The van der Waals surface area contributed by atoms with Gasteiger partial charge in [0.25, 0.3) is 0 Å². The molecule has 0 aliphatic carbocycles. The molecule has 2 amide bonds. The summed E-state index contributed by atoms with van der Waals surface area (Å²) < 4.78 is 43.0. The number of rotatable bonds is 2. The number of nitrogens with one attached hydrogen (secondary N) is 1. The minimum Gasteiger partial charge on any atom is -0.465 e. The van der Waals surface area contributed by atoms with E-state index in [9.17, 15) is 22.8 Å². The Bertz CT molecular complexity index is 931. The number of esters is 1. The Balaban J connectivity index is 1.70. The first kappa shape index (κ1) is 20.0. The molecule has 0 saturated carbocycles. The molecule has 148 valence electrons. The Morgan fingerprint density at radius 3 is 2.54 bits per heavy atom. The largest absolute Gasteiger partial charge is 0.465 e.